The van der Waals surface area contributed by atoms with E-state index in [0.717, 1.165) is 30.3 Å². The second-order valence-corrected chi connectivity index (χ2v) is 3.52. The molecule has 1 aromatic rings. The molecule has 0 atom stereocenters. The summed E-state index contributed by atoms with van der Waals surface area (Å²) in [5.74, 6) is 0.780. The third-order valence-corrected chi connectivity index (χ3v) is 2.81. The fourth-order valence-corrected chi connectivity index (χ4v) is 2.03. The van der Waals surface area contributed by atoms with Crippen LogP contribution >= 0.6 is 24.0 Å². The molecule has 0 bridgehead atoms. The standard InChI is InChI=1S/C10H12ClNO.ClH/c1-13-9-3-2-7-6-12-5-4-8(7)10(9)11;/h2-3,12H,4-6H2,1H3;1H. The van der Waals surface area contributed by atoms with E-state index in [1.807, 2.05) is 6.07 Å². The zero-order chi connectivity index (χ0) is 9.26. The topological polar surface area (TPSA) is 21.3 Å². The Hall–Kier alpha value is -0.440. The first-order valence-electron chi connectivity index (χ1n) is 4.38. The summed E-state index contributed by atoms with van der Waals surface area (Å²) in [5.41, 5.74) is 2.52. The Kier molecular flexibility index (Phi) is 4.05. The van der Waals surface area contributed by atoms with Crippen LogP contribution in [-0.4, -0.2) is 13.7 Å². The van der Waals surface area contributed by atoms with Crippen LogP contribution in [0.3, 0.4) is 0 Å². The van der Waals surface area contributed by atoms with Crippen LogP contribution in [0.5, 0.6) is 5.75 Å². The van der Waals surface area contributed by atoms with Gasteiger partial charge in [0.25, 0.3) is 0 Å². The molecule has 0 saturated heterocycles. The van der Waals surface area contributed by atoms with E-state index in [4.69, 9.17) is 16.3 Å². The molecule has 0 amide bonds. The molecular formula is C10H13Cl2NO. The number of nitrogens with one attached hydrogen (secondary N) is 1. The zero-order valence-electron chi connectivity index (χ0n) is 7.97. The molecule has 4 heteroatoms. The lowest BCUT2D eigenvalue weighted by Gasteiger charge is -2.19. The maximum Gasteiger partial charge on any atom is 0.137 e. The maximum absolute atomic E-state index is 6.17. The number of rotatable bonds is 1. The average Bonchev–Trinajstić information content (AvgIpc) is 2.19. The van der Waals surface area contributed by atoms with E-state index in [1.165, 1.54) is 11.1 Å². The van der Waals surface area contributed by atoms with Crippen molar-refractivity contribution < 1.29 is 4.74 Å². The molecule has 0 saturated carbocycles. The third-order valence-electron chi connectivity index (χ3n) is 2.39. The highest BCUT2D eigenvalue weighted by Gasteiger charge is 2.14. The Morgan fingerprint density at radius 3 is 2.93 bits per heavy atom. The third kappa shape index (κ3) is 1.97. The zero-order valence-corrected chi connectivity index (χ0v) is 9.54. The quantitative estimate of drug-likeness (QED) is 0.805. The van der Waals surface area contributed by atoms with Gasteiger partial charge in [0.05, 0.1) is 12.1 Å². The largest absolute Gasteiger partial charge is 0.495 e. The van der Waals surface area contributed by atoms with Gasteiger partial charge in [-0.25, -0.2) is 0 Å². The molecule has 1 aliphatic heterocycles. The molecule has 0 radical (unpaired) electrons. The van der Waals surface area contributed by atoms with Crippen LogP contribution in [0.4, 0.5) is 0 Å². The minimum atomic E-state index is 0. The van der Waals surface area contributed by atoms with Crippen LogP contribution < -0.4 is 10.1 Å². The van der Waals surface area contributed by atoms with Crippen LogP contribution in [0.15, 0.2) is 12.1 Å². The van der Waals surface area contributed by atoms with Gasteiger partial charge in [-0.05, 0) is 30.2 Å². The summed E-state index contributed by atoms with van der Waals surface area (Å²) in [7, 11) is 1.65. The predicted molar refractivity (Wildman–Crippen MR) is 60.7 cm³/mol. The van der Waals surface area contributed by atoms with E-state index in [1.54, 1.807) is 7.11 Å². The average molecular weight is 234 g/mol. The Bertz CT molecular complexity index is 328. The molecule has 0 fully saturated rings. The molecule has 1 N–H and O–H groups in total. The lowest BCUT2D eigenvalue weighted by atomic mass is 10.0. The van der Waals surface area contributed by atoms with Crippen molar-refractivity contribution in [3.05, 3.63) is 28.3 Å². The van der Waals surface area contributed by atoms with Crippen molar-refractivity contribution in [1.29, 1.82) is 0 Å². The lowest BCUT2D eigenvalue weighted by Crippen LogP contribution is -2.23. The molecule has 2 nitrogen and oxygen atoms in total. The van der Waals surface area contributed by atoms with Gasteiger partial charge in [0.1, 0.15) is 5.75 Å². The SMILES string of the molecule is COc1ccc2c(c1Cl)CCNC2.Cl. The molecule has 0 unspecified atom stereocenters. The molecule has 0 spiro atoms. The van der Waals surface area contributed by atoms with Gasteiger partial charge in [0.2, 0.25) is 0 Å². The van der Waals surface area contributed by atoms with Crippen molar-refractivity contribution in [2.75, 3.05) is 13.7 Å². The number of ether oxygens (including phenoxy) is 1. The predicted octanol–water partition coefficient (Wildman–Crippen LogP) is 2.42. The Labute approximate surface area is 95.0 Å². The van der Waals surface area contributed by atoms with E-state index in [0.29, 0.717) is 0 Å². The minimum Gasteiger partial charge on any atom is -0.495 e. The number of hydrogen-bond donors (Lipinski definition) is 1. The maximum atomic E-state index is 6.17. The van der Waals surface area contributed by atoms with Crippen molar-refractivity contribution in [2.45, 2.75) is 13.0 Å². The van der Waals surface area contributed by atoms with Crippen molar-refractivity contribution in [2.24, 2.45) is 0 Å². The molecule has 1 aliphatic rings. The number of benzene rings is 1. The van der Waals surface area contributed by atoms with E-state index < -0.39 is 0 Å². The normalized spacial score (nSPS) is 14.1. The van der Waals surface area contributed by atoms with Crippen molar-refractivity contribution >= 4 is 24.0 Å². The van der Waals surface area contributed by atoms with Gasteiger partial charge >= 0.3 is 0 Å². The molecule has 14 heavy (non-hydrogen) atoms. The van der Waals surface area contributed by atoms with E-state index in [-0.39, 0.29) is 12.4 Å². The number of methoxy groups -OCH3 is 1. The summed E-state index contributed by atoms with van der Waals surface area (Å²) < 4.78 is 5.16. The highest BCUT2D eigenvalue weighted by atomic mass is 35.5. The number of fused-ring (bicyclic) bond motifs is 1. The van der Waals surface area contributed by atoms with Crippen LogP contribution in [-0.2, 0) is 13.0 Å². The highest BCUT2D eigenvalue weighted by molar-refractivity contribution is 6.33. The first-order chi connectivity index (χ1) is 6.33. The summed E-state index contributed by atoms with van der Waals surface area (Å²) >= 11 is 6.17. The Balaban J connectivity index is 0.000000980. The van der Waals surface area contributed by atoms with Crippen LogP contribution in [0.25, 0.3) is 0 Å². The Morgan fingerprint density at radius 1 is 1.43 bits per heavy atom. The summed E-state index contributed by atoms with van der Waals surface area (Å²) in [6, 6.07) is 4.00. The van der Waals surface area contributed by atoms with Gasteiger partial charge in [0.15, 0.2) is 0 Å². The van der Waals surface area contributed by atoms with Gasteiger partial charge in [-0.2, -0.15) is 0 Å². The van der Waals surface area contributed by atoms with Crippen molar-refractivity contribution in [3.63, 3.8) is 0 Å². The summed E-state index contributed by atoms with van der Waals surface area (Å²) in [5, 5.41) is 4.09. The number of halogens is 2. The van der Waals surface area contributed by atoms with Crippen molar-refractivity contribution in [3.8, 4) is 5.75 Å². The lowest BCUT2D eigenvalue weighted by molar-refractivity contribution is 0.413. The molecule has 1 heterocycles. The highest BCUT2D eigenvalue weighted by Crippen LogP contribution is 2.31. The second-order valence-electron chi connectivity index (χ2n) is 3.15. The monoisotopic (exact) mass is 233 g/mol. The summed E-state index contributed by atoms with van der Waals surface area (Å²) in [4.78, 5) is 0. The molecule has 78 valence electrons. The Morgan fingerprint density at radius 2 is 2.21 bits per heavy atom. The summed E-state index contributed by atoms with van der Waals surface area (Å²) in [6.07, 6.45) is 0.991. The molecular weight excluding hydrogens is 221 g/mol. The van der Waals surface area contributed by atoms with Gasteiger partial charge in [0, 0.05) is 6.54 Å². The summed E-state index contributed by atoms with van der Waals surface area (Å²) in [6.45, 7) is 1.92. The fraction of sp³-hybridized carbons (Fsp3) is 0.400. The minimum absolute atomic E-state index is 0. The van der Waals surface area contributed by atoms with E-state index >= 15 is 0 Å². The second kappa shape index (κ2) is 4.87. The molecule has 1 aromatic carbocycles. The first kappa shape index (κ1) is 11.6. The van der Waals surface area contributed by atoms with Gasteiger partial charge in [-0.3, -0.25) is 0 Å². The van der Waals surface area contributed by atoms with Gasteiger partial charge in [-0.15, -0.1) is 12.4 Å². The molecule has 2 rings (SSSR count). The smallest absolute Gasteiger partial charge is 0.137 e. The van der Waals surface area contributed by atoms with Crippen LogP contribution in [0.2, 0.25) is 5.02 Å². The van der Waals surface area contributed by atoms with E-state index in [9.17, 15) is 0 Å². The van der Waals surface area contributed by atoms with Crippen LogP contribution in [0, 0.1) is 0 Å². The van der Waals surface area contributed by atoms with Gasteiger partial charge in [-0.1, -0.05) is 17.7 Å². The first-order valence-corrected chi connectivity index (χ1v) is 4.75. The van der Waals surface area contributed by atoms with Crippen molar-refractivity contribution in [1.82, 2.24) is 5.32 Å². The number of hydrogen-bond acceptors (Lipinski definition) is 2. The molecule has 0 aliphatic carbocycles. The van der Waals surface area contributed by atoms with Gasteiger partial charge < -0.3 is 10.1 Å². The van der Waals surface area contributed by atoms with Crippen LogP contribution in [0.1, 0.15) is 11.1 Å². The van der Waals surface area contributed by atoms with E-state index in [2.05, 4.69) is 11.4 Å². The fourth-order valence-electron chi connectivity index (χ4n) is 1.67. The molecule has 0 aromatic heterocycles.